The quantitative estimate of drug-likeness (QED) is 0.749. The van der Waals surface area contributed by atoms with Gasteiger partial charge in [-0.3, -0.25) is 4.79 Å². The van der Waals surface area contributed by atoms with Crippen LogP contribution in [0.5, 0.6) is 0 Å². The highest BCUT2D eigenvalue weighted by Gasteiger charge is 2.36. The highest BCUT2D eigenvalue weighted by Crippen LogP contribution is 2.30. The second-order valence-corrected chi connectivity index (χ2v) is 5.80. The van der Waals surface area contributed by atoms with Crippen LogP contribution in [0.25, 0.3) is 0 Å². The highest BCUT2D eigenvalue weighted by atomic mass is 16.2. The SMILES string of the molecule is CC1CCCC1NC(=O)C1(C)CCNCC1. The third-order valence-corrected chi connectivity index (χ3v) is 4.43. The number of hydrogen-bond acceptors (Lipinski definition) is 2. The van der Waals surface area contributed by atoms with E-state index in [0.717, 1.165) is 25.9 Å². The normalized spacial score (nSPS) is 33.6. The Balaban J connectivity index is 1.91. The molecule has 0 aromatic heterocycles. The topological polar surface area (TPSA) is 41.1 Å². The zero-order valence-corrected chi connectivity index (χ0v) is 10.5. The van der Waals surface area contributed by atoms with E-state index in [-0.39, 0.29) is 11.3 Å². The van der Waals surface area contributed by atoms with Crippen LogP contribution in [-0.4, -0.2) is 25.0 Å². The first-order valence-corrected chi connectivity index (χ1v) is 6.63. The molecule has 2 unspecified atom stereocenters. The van der Waals surface area contributed by atoms with Gasteiger partial charge in [-0.15, -0.1) is 0 Å². The number of hydrogen-bond donors (Lipinski definition) is 2. The van der Waals surface area contributed by atoms with Gasteiger partial charge in [0.15, 0.2) is 0 Å². The largest absolute Gasteiger partial charge is 0.353 e. The van der Waals surface area contributed by atoms with Crippen LogP contribution in [0.4, 0.5) is 0 Å². The van der Waals surface area contributed by atoms with E-state index in [1.165, 1.54) is 19.3 Å². The number of rotatable bonds is 2. The van der Waals surface area contributed by atoms with Gasteiger partial charge >= 0.3 is 0 Å². The fraction of sp³-hybridized carbons (Fsp3) is 0.923. The Kier molecular flexibility index (Phi) is 3.53. The van der Waals surface area contributed by atoms with Crippen molar-refractivity contribution in [2.24, 2.45) is 11.3 Å². The molecule has 0 aromatic carbocycles. The first-order chi connectivity index (χ1) is 7.62. The van der Waals surface area contributed by atoms with Crippen LogP contribution in [0, 0.1) is 11.3 Å². The van der Waals surface area contributed by atoms with Gasteiger partial charge < -0.3 is 10.6 Å². The molecule has 1 amide bonds. The number of nitrogens with one attached hydrogen (secondary N) is 2. The molecule has 0 aromatic rings. The molecule has 1 saturated heterocycles. The molecule has 16 heavy (non-hydrogen) atoms. The van der Waals surface area contributed by atoms with E-state index < -0.39 is 0 Å². The third kappa shape index (κ3) is 2.40. The molecule has 0 spiro atoms. The van der Waals surface area contributed by atoms with E-state index in [2.05, 4.69) is 24.5 Å². The van der Waals surface area contributed by atoms with Gasteiger partial charge in [0, 0.05) is 11.5 Å². The number of piperidine rings is 1. The summed E-state index contributed by atoms with van der Waals surface area (Å²) in [4.78, 5) is 12.3. The Bertz CT molecular complexity index is 259. The maximum Gasteiger partial charge on any atom is 0.226 e. The van der Waals surface area contributed by atoms with Crippen LogP contribution in [-0.2, 0) is 4.79 Å². The van der Waals surface area contributed by atoms with Crippen molar-refractivity contribution in [1.82, 2.24) is 10.6 Å². The van der Waals surface area contributed by atoms with Gasteiger partial charge in [0.25, 0.3) is 0 Å². The first kappa shape index (κ1) is 11.9. The zero-order chi connectivity index (χ0) is 11.6. The van der Waals surface area contributed by atoms with Crippen molar-refractivity contribution in [3.8, 4) is 0 Å². The average molecular weight is 224 g/mol. The smallest absolute Gasteiger partial charge is 0.226 e. The van der Waals surface area contributed by atoms with E-state index in [4.69, 9.17) is 0 Å². The lowest BCUT2D eigenvalue weighted by Crippen LogP contribution is -2.49. The van der Waals surface area contributed by atoms with Crippen LogP contribution >= 0.6 is 0 Å². The monoisotopic (exact) mass is 224 g/mol. The number of carbonyl (C=O) groups is 1. The van der Waals surface area contributed by atoms with Crippen LogP contribution in [0.3, 0.4) is 0 Å². The minimum absolute atomic E-state index is 0.131. The molecule has 3 heteroatoms. The average Bonchev–Trinajstić information content (AvgIpc) is 2.65. The minimum Gasteiger partial charge on any atom is -0.353 e. The Labute approximate surface area is 98.4 Å². The van der Waals surface area contributed by atoms with Gasteiger partial charge in [0.2, 0.25) is 5.91 Å². The second kappa shape index (κ2) is 4.74. The molecule has 1 heterocycles. The van der Waals surface area contributed by atoms with Crippen molar-refractivity contribution >= 4 is 5.91 Å². The summed E-state index contributed by atoms with van der Waals surface area (Å²) in [5.74, 6) is 0.946. The molecule has 0 bridgehead atoms. The predicted molar refractivity (Wildman–Crippen MR) is 65.2 cm³/mol. The van der Waals surface area contributed by atoms with Crippen LogP contribution in [0.1, 0.15) is 46.0 Å². The van der Waals surface area contributed by atoms with E-state index in [9.17, 15) is 4.79 Å². The second-order valence-electron chi connectivity index (χ2n) is 5.80. The van der Waals surface area contributed by atoms with Crippen molar-refractivity contribution in [3.05, 3.63) is 0 Å². The molecular formula is C13H24N2O. The Hall–Kier alpha value is -0.570. The summed E-state index contributed by atoms with van der Waals surface area (Å²) in [6, 6.07) is 0.430. The summed E-state index contributed by atoms with van der Waals surface area (Å²) in [6.45, 7) is 6.32. The van der Waals surface area contributed by atoms with Gasteiger partial charge in [0.1, 0.15) is 0 Å². The number of amides is 1. The summed E-state index contributed by atoms with van der Waals surface area (Å²) >= 11 is 0. The zero-order valence-electron chi connectivity index (χ0n) is 10.5. The lowest BCUT2D eigenvalue weighted by molar-refractivity contribution is -0.132. The first-order valence-electron chi connectivity index (χ1n) is 6.63. The summed E-state index contributed by atoms with van der Waals surface area (Å²) in [6.07, 6.45) is 5.65. The third-order valence-electron chi connectivity index (χ3n) is 4.43. The molecule has 1 saturated carbocycles. The fourth-order valence-electron chi connectivity index (χ4n) is 2.91. The molecule has 1 aliphatic heterocycles. The predicted octanol–water partition coefficient (Wildman–Crippen LogP) is 1.68. The Morgan fingerprint density at radius 2 is 2.00 bits per heavy atom. The molecule has 1 aliphatic carbocycles. The molecule has 2 aliphatic rings. The van der Waals surface area contributed by atoms with Gasteiger partial charge in [-0.2, -0.15) is 0 Å². The van der Waals surface area contributed by atoms with E-state index in [1.54, 1.807) is 0 Å². The molecule has 3 nitrogen and oxygen atoms in total. The standard InChI is InChI=1S/C13H24N2O/c1-10-4-3-5-11(10)15-12(16)13(2)6-8-14-9-7-13/h10-11,14H,3-9H2,1-2H3,(H,15,16). The summed E-state index contributed by atoms with van der Waals surface area (Å²) in [7, 11) is 0. The van der Waals surface area contributed by atoms with Crippen molar-refractivity contribution in [3.63, 3.8) is 0 Å². The minimum atomic E-state index is -0.131. The summed E-state index contributed by atoms with van der Waals surface area (Å²) in [5.41, 5.74) is -0.131. The summed E-state index contributed by atoms with van der Waals surface area (Å²) in [5, 5.41) is 6.59. The molecule has 2 N–H and O–H groups in total. The molecule has 92 valence electrons. The Morgan fingerprint density at radius 3 is 2.56 bits per heavy atom. The van der Waals surface area contributed by atoms with E-state index in [0.29, 0.717) is 12.0 Å². The van der Waals surface area contributed by atoms with Gasteiger partial charge in [-0.25, -0.2) is 0 Å². The van der Waals surface area contributed by atoms with E-state index in [1.807, 2.05) is 0 Å². The van der Waals surface area contributed by atoms with Crippen LogP contribution in [0.15, 0.2) is 0 Å². The van der Waals surface area contributed by atoms with Crippen molar-refractivity contribution in [1.29, 1.82) is 0 Å². The molecular weight excluding hydrogens is 200 g/mol. The van der Waals surface area contributed by atoms with Crippen molar-refractivity contribution in [2.75, 3.05) is 13.1 Å². The summed E-state index contributed by atoms with van der Waals surface area (Å²) < 4.78 is 0. The molecule has 2 atom stereocenters. The van der Waals surface area contributed by atoms with E-state index >= 15 is 0 Å². The maximum atomic E-state index is 12.3. The van der Waals surface area contributed by atoms with Gasteiger partial charge in [0.05, 0.1) is 0 Å². The Morgan fingerprint density at radius 1 is 1.31 bits per heavy atom. The van der Waals surface area contributed by atoms with Gasteiger partial charge in [-0.1, -0.05) is 20.3 Å². The fourth-order valence-corrected chi connectivity index (χ4v) is 2.91. The number of carbonyl (C=O) groups excluding carboxylic acids is 1. The van der Waals surface area contributed by atoms with Crippen molar-refractivity contribution < 1.29 is 4.79 Å². The van der Waals surface area contributed by atoms with Crippen molar-refractivity contribution in [2.45, 2.75) is 52.0 Å². The van der Waals surface area contributed by atoms with Crippen LogP contribution in [0.2, 0.25) is 0 Å². The molecule has 0 radical (unpaired) electrons. The van der Waals surface area contributed by atoms with Gasteiger partial charge in [-0.05, 0) is 44.7 Å². The lowest BCUT2D eigenvalue weighted by atomic mass is 9.80. The highest BCUT2D eigenvalue weighted by molar-refractivity contribution is 5.82. The molecule has 2 fully saturated rings. The lowest BCUT2D eigenvalue weighted by Gasteiger charge is -2.34. The molecule has 2 rings (SSSR count). The van der Waals surface area contributed by atoms with Crippen LogP contribution < -0.4 is 10.6 Å². The maximum absolute atomic E-state index is 12.3.